The van der Waals surface area contributed by atoms with Crippen LogP contribution in [0.3, 0.4) is 0 Å². The van der Waals surface area contributed by atoms with Crippen LogP contribution in [0.4, 0.5) is 15.8 Å². The molecule has 3 rings (SSSR count). The summed E-state index contributed by atoms with van der Waals surface area (Å²) in [5.74, 6) is -0.942. The van der Waals surface area contributed by atoms with Gasteiger partial charge in [-0.2, -0.15) is 0 Å². The number of anilines is 2. The molecule has 0 bridgehead atoms. The van der Waals surface area contributed by atoms with Gasteiger partial charge in [-0.1, -0.05) is 29.8 Å². The largest absolute Gasteiger partial charge is 0.397 e. The topological polar surface area (TPSA) is 63.4 Å². The van der Waals surface area contributed by atoms with Gasteiger partial charge >= 0.3 is 0 Å². The molecule has 0 saturated heterocycles. The fraction of sp³-hybridized carbons (Fsp3) is 0.143. The first-order valence-corrected chi connectivity index (χ1v) is 8.09. The van der Waals surface area contributed by atoms with Crippen molar-refractivity contribution in [3.63, 3.8) is 0 Å². The Morgan fingerprint density at radius 2 is 1.90 bits per heavy atom. The van der Waals surface area contributed by atoms with Crippen LogP contribution < -0.4 is 10.0 Å². The fourth-order valence-electron chi connectivity index (χ4n) is 2.49. The molecule has 1 aliphatic heterocycles. The highest BCUT2D eigenvalue weighted by Crippen LogP contribution is 2.38. The second-order valence-electron chi connectivity index (χ2n) is 4.73. The number of rotatable bonds is 2. The highest BCUT2D eigenvalue weighted by atomic mass is 35.5. The Morgan fingerprint density at radius 3 is 2.67 bits per heavy atom. The maximum absolute atomic E-state index is 14.1. The Kier molecular flexibility index (Phi) is 3.30. The molecule has 0 atom stereocenters. The van der Waals surface area contributed by atoms with Crippen LogP contribution >= 0.6 is 11.6 Å². The number of nitrogens with zero attached hydrogens (tertiary/aromatic N) is 1. The predicted octanol–water partition coefficient (Wildman–Crippen LogP) is 2.81. The fourth-order valence-corrected chi connectivity index (χ4v) is 4.34. The minimum atomic E-state index is -4.03. The van der Waals surface area contributed by atoms with Crippen LogP contribution in [0.2, 0.25) is 5.02 Å². The van der Waals surface area contributed by atoms with E-state index in [4.69, 9.17) is 17.3 Å². The summed E-state index contributed by atoms with van der Waals surface area (Å²) in [6.07, 6.45) is 0.543. The van der Waals surface area contributed by atoms with E-state index in [2.05, 4.69) is 0 Å². The standard InChI is InChI=1S/C14H12ClFN2O2S/c15-10-4-2-6-12(13(10)16)21(19,20)18-8-7-9-3-1-5-11(17)14(9)18/h1-6H,7-8,17H2. The second-order valence-corrected chi connectivity index (χ2v) is 6.97. The summed E-state index contributed by atoms with van der Waals surface area (Å²) in [5, 5.41) is -0.225. The molecule has 2 aromatic carbocycles. The van der Waals surface area contributed by atoms with Crippen molar-refractivity contribution in [2.24, 2.45) is 0 Å². The third-order valence-electron chi connectivity index (χ3n) is 3.47. The Bertz CT molecular complexity index is 824. The number of nitrogen functional groups attached to an aromatic ring is 1. The van der Waals surface area contributed by atoms with Gasteiger partial charge in [-0.05, 0) is 30.2 Å². The lowest BCUT2D eigenvalue weighted by Gasteiger charge is -2.21. The number of hydrogen-bond acceptors (Lipinski definition) is 3. The molecule has 0 radical (unpaired) electrons. The molecule has 2 aromatic rings. The Hall–Kier alpha value is -1.79. The molecular weight excluding hydrogens is 315 g/mol. The van der Waals surface area contributed by atoms with Crippen molar-refractivity contribution in [3.05, 3.63) is 52.8 Å². The Labute approximate surface area is 127 Å². The van der Waals surface area contributed by atoms with Gasteiger partial charge in [0.15, 0.2) is 5.82 Å². The molecule has 7 heteroatoms. The van der Waals surface area contributed by atoms with E-state index in [9.17, 15) is 12.8 Å². The number of para-hydroxylation sites is 1. The molecule has 4 nitrogen and oxygen atoms in total. The van der Waals surface area contributed by atoms with E-state index in [1.807, 2.05) is 6.07 Å². The van der Waals surface area contributed by atoms with E-state index in [1.54, 1.807) is 12.1 Å². The van der Waals surface area contributed by atoms with Gasteiger partial charge in [0, 0.05) is 6.54 Å². The number of sulfonamides is 1. The summed E-state index contributed by atoms with van der Waals surface area (Å²) in [6.45, 7) is 0.234. The quantitative estimate of drug-likeness (QED) is 0.863. The van der Waals surface area contributed by atoms with Gasteiger partial charge in [-0.15, -0.1) is 0 Å². The van der Waals surface area contributed by atoms with E-state index in [0.717, 1.165) is 9.87 Å². The number of hydrogen-bond donors (Lipinski definition) is 1. The molecule has 0 fully saturated rings. The van der Waals surface area contributed by atoms with Gasteiger partial charge in [0.25, 0.3) is 10.0 Å². The van der Waals surface area contributed by atoms with Crippen molar-refractivity contribution in [2.45, 2.75) is 11.3 Å². The van der Waals surface area contributed by atoms with Crippen molar-refractivity contribution >= 4 is 33.0 Å². The normalized spacial score (nSPS) is 14.3. The van der Waals surface area contributed by atoms with Gasteiger partial charge < -0.3 is 5.73 Å². The molecule has 1 aliphatic rings. The lowest BCUT2D eigenvalue weighted by molar-refractivity contribution is 0.564. The first-order chi connectivity index (χ1) is 9.93. The summed E-state index contributed by atoms with van der Waals surface area (Å²) < 4.78 is 40.6. The highest BCUT2D eigenvalue weighted by Gasteiger charge is 2.34. The predicted molar refractivity (Wildman–Crippen MR) is 80.5 cm³/mol. The third kappa shape index (κ3) is 2.15. The molecule has 0 aromatic heterocycles. The van der Waals surface area contributed by atoms with E-state index in [0.29, 0.717) is 17.8 Å². The zero-order valence-corrected chi connectivity index (χ0v) is 12.5. The van der Waals surface area contributed by atoms with E-state index < -0.39 is 20.7 Å². The summed E-state index contributed by atoms with van der Waals surface area (Å²) in [5.41, 5.74) is 7.50. The average Bonchev–Trinajstić information content (AvgIpc) is 2.88. The first-order valence-electron chi connectivity index (χ1n) is 6.27. The van der Waals surface area contributed by atoms with Crippen LogP contribution in [0.25, 0.3) is 0 Å². The highest BCUT2D eigenvalue weighted by molar-refractivity contribution is 7.92. The van der Waals surface area contributed by atoms with Gasteiger partial charge in [-0.25, -0.2) is 12.8 Å². The molecule has 0 unspecified atom stereocenters. The van der Waals surface area contributed by atoms with E-state index >= 15 is 0 Å². The van der Waals surface area contributed by atoms with Crippen LogP contribution in [0.1, 0.15) is 5.56 Å². The molecular formula is C14H12ClFN2O2S. The molecule has 110 valence electrons. The van der Waals surface area contributed by atoms with Crippen molar-refractivity contribution in [2.75, 3.05) is 16.6 Å². The molecule has 0 saturated carbocycles. The average molecular weight is 327 g/mol. The Morgan fingerprint density at radius 1 is 1.19 bits per heavy atom. The zero-order valence-electron chi connectivity index (χ0n) is 10.9. The maximum Gasteiger partial charge on any atom is 0.267 e. The monoisotopic (exact) mass is 326 g/mol. The summed E-state index contributed by atoms with van der Waals surface area (Å²) in [7, 11) is -4.03. The van der Waals surface area contributed by atoms with Gasteiger partial charge in [0.1, 0.15) is 4.90 Å². The molecule has 0 amide bonds. The van der Waals surface area contributed by atoms with Gasteiger partial charge in [0.2, 0.25) is 0 Å². The van der Waals surface area contributed by atoms with Crippen molar-refractivity contribution in [3.8, 4) is 0 Å². The molecule has 2 N–H and O–H groups in total. The number of halogens is 2. The molecule has 21 heavy (non-hydrogen) atoms. The lowest BCUT2D eigenvalue weighted by atomic mass is 10.1. The molecule has 1 heterocycles. The number of benzene rings is 2. The van der Waals surface area contributed by atoms with Crippen molar-refractivity contribution in [1.82, 2.24) is 0 Å². The van der Waals surface area contributed by atoms with Crippen LogP contribution in [0.5, 0.6) is 0 Å². The lowest BCUT2D eigenvalue weighted by Crippen LogP contribution is -2.30. The zero-order chi connectivity index (χ0) is 15.2. The number of fused-ring (bicyclic) bond motifs is 1. The van der Waals surface area contributed by atoms with Gasteiger partial charge in [0.05, 0.1) is 16.4 Å². The van der Waals surface area contributed by atoms with Gasteiger partial charge in [-0.3, -0.25) is 4.31 Å². The van der Waals surface area contributed by atoms with E-state index in [-0.39, 0.29) is 11.6 Å². The minimum Gasteiger partial charge on any atom is -0.397 e. The van der Waals surface area contributed by atoms with Crippen LogP contribution in [0.15, 0.2) is 41.3 Å². The van der Waals surface area contributed by atoms with E-state index in [1.165, 1.54) is 18.2 Å². The molecule has 0 spiro atoms. The first kappa shape index (κ1) is 14.2. The summed E-state index contributed by atoms with van der Waals surface area (Å²) >= 11 is 5.68. The summed E-state index contributed by atoms with van der Waals surface area (Å²) in [6, 6.07) is 9.13. The SMILES string of the molecule is Nc1cccc2c1N(S(=O)(=O)c1cccc(Cl)c1F)CC2. The molecule has 0 aliphatic carbocycles. The second kappa shape index (κ2) is 4.89. The Balaban J connectivity index is 2.16. The smallest absolute Gasteiger partial charge is 0.267 e. The van der Waals surface area contributed by atoms with Crippen LogP contribution in [-0.4, -0.2) is 15.0 Å². The van der Waals surface area contributed by atoms with Crippen LogP contribution in [0, 0.1) is 5.82 Å². The maximum atomic E-state index is 14.1. The minimum absolute atomic E-state index is 0.225. The van der Waals surface area contributed by atoms with Crippen LogP contribution in [-0.2, 0) is 16.4 Å². The third-order valence-corrected chi connectivity index (χ3v) is 5.58. The van der Waals surface area contributed by atoms with Crippen molar-refractivity contribution < 1.29 is 12.8 Å². The van der Waals surface area contributed by atoms with Crippen molar-refractivity contribution in [1.29, 1.82) is 0 Å². The number of nitrogens with two attached hydrogens (primary N) is 1. The summed E-state index contributed by atoms with van der Waals surface area (Å²) in [4.78, 5) is -0.439.